The lowest BCUT2D eigenvalue weighted by molar-refractivity contribution is -0.171. The van der Waals surface area contributed by atoms with Gasteiger partial charge in [0.1, 0.15) is 12.6 Å². The minimum Gasteiger partial charge on any atom is -0.480 e. The second-order valence-electron chi connectivity index (χ2n) is 4.59. The molecule has 2 saturated heterocycles. The molecule has 2 fully saturated rings. The molecule has 20 heavy (non-hydrogen) atoms. The van der Waals surface area contributed by atoms with Crippen LogP contribution in [-0.2, 0) is 19.2 Å². The van der Waals surface area contributed by atoms with E-state index in [2.05, 4.69) is 6.58 Å². The number of ether oxygens (including phenoxy) is 1. The van der Waals surface area contributed by atoms with Gasteiger partial charge in [0.15, 0.2) is 6.61 Å². The molecule has 0 unspecified atom stereocenters. The van der Waals surface area contributed by atoms with Gasteiger partial charge < -0.3 is 14.7 Å². The van der Waals surface area contributed by atoms with Crippen molar-refractivity contribution in [2.45, 2.75) is 24.9 Å². The maximum absolute atomic E-state index is 12.0. The normalized spacial score (nSPS) is 24.7. The summed E-state index contributed by atoms with van der Waals surface area (Å²) in [4.78, 5) is 40.8. The number of hydrogen-bond acceptors (Lipinski definition) is 5. The molecule has 2 atom stereocenters. The fourth-order valence-corrected chi connectivity index (χ4v) is 2.37. The first-order chi connectivity index (χ1) is 9.54. The summed E-state index contributed by atoms with van der Waals surface area (Å²) in [5, 5.41) is 10.1. The van der Waals surface area contributed by atoms with E-state index >= 15 is 0 Å². The highest BCUT2D eigenvalue weighted by molar-refractivity contribution is 5.84. The molecule has 0 radical (unpaired) electrons. The number of amides is 2. The highest BCUT2D eigenvalue weighted by atomic mass is 16.7. The van der Waals surface area contributed by atoms with Crippen LogP contribution in [-0.4, -0.2) is 64.9 Å². The minimum absolute atomic E-state index is 0.0762. The van der Waals surface area contributed by atoms with Gasteiger partial charge in [-0.2, -0.15) is 5.06 Å². The Morgan fingerprint density at radius 3 is 2.85 bits per heavy atom. The minimum atomic E-state index is -1.02. The number of carboxylic acids is 1. The van der Waals surface area contributed by atoms with E-state index in [0.717, 1.165) is 5.06 Å². The first kappa shape index (κ1) is 14.3. The van der Waals surface area contributed by atoms with Crippen LogP contribution in [0.4, 0.5) is 4.79 Å². The zero-order valence-corrected chi connectivity index (χ0v) is 10.9. The number of fused-ring (bicyclic) bond motifs is 2. The van der Waals surface area contributed by atoms with Crippen molar-refractivity contribution in [1.82, 2.24) is 9.96 Å². The van der Waals surface area contributed by atoms with Crippen LogP contribution in [0.25, 0.3) is 0 Å². The Bertz CT molecular complexity index is 438. The van der Waals surface area contributed by atoms with Gasteiger partial charge >= 0.3 is 18.0 Å². The van der Waals surface area contributed by atoms with E-state index in [4.69, 9.17) is 14.7 Å². The molecule has 8 nitrogen and oxygen atoms in total. The Balaban J connectivity index is 1.91. The molecule has 8 heteroatoms. The summed E-state index contributed by atoms with van der Waals surface area (Å²) >= 11 is 0. The van der Waals surface area contributed by atoms with Crippen molar-refractivity contribution < 1.29 is 29.1 Å². The Labute approximate surface area is 115 Å². The molecule has 0 spiro atoms. The van der Waals surface area contributed by atoms with Crippen molar-refractivity contribution in [3.8, 4) is 0 Å². The number of carboxylic acid groups (broad SMARTS) is 1. The fraction of sp³-hybridized carbons (Fsp3) is 0.583. The topological polar surface area (TPSA) is 96.4 Å². The lowest BCUT2D eigenvalue weighted by Gasteiger charge is -2.26. The molecule has 2 aliphatic heterocycles. The number of rotatable bonds is 6. The zero-order chi connectivity index (χ0) is 14.7. The smallest absolute Gasteiger partial charge is 0.345 e. The van der Waals surface area contributed by atoms with Crippen LogP contribution >= 0.6 is 0 Å². The van der Waals surface area contributed by atoms with Gasteiger partial charge in [-0.25, -0.2) is 14.4 Å². The predicted octanol–water partition coefficient (Wildman–Crippen LogP) is 0.000400. The monoisotopic (exact) mass is 284 g/mol. The molecule has 0 aromatic heterocycles. The van der Waals surface area contributed by atoms with E-state index in [1.54, 1.807) is 0 Å². The molecule has 110 valence electrons. The van der Waals surface area contributed by atoms with Crippen LogP contribution in [0, 0.1) is 0 Å². The van der Waals surface area contributed by atoms with Gasteiger partial charge in [0.25, 0.3) is 0 Å². The van der Waals surface area contributed by atoms with Crippen LogP contribution in [0.3, 0.4) is 0 Å². The van der Waals surface area contributed by atoms with Crippen molar-refractivity contribution in [1.29, 1.82) is 0 Å². The number of urea groups is 1. The Kier molecular flexibility index (Phi) is 4.23. The fourth-order valence-electron chi connectivity index (χ4n) is 2.37. The third kappa shape index (κ3) is 2.74. The number of hydrogen-bond donors (Lipinski definition) is 1. The lowest BCUT2D eigenvalue weighted by Crippen LogP contribution is -2.44. The number of carbonyl (C=O) groups is 3. The number of nitrogens with zero attached hydrogens (tertiary/aromatic N) is 2. The number of carbonyl (C=O) groups excluding carboxylic acids is 2. The van der Waals surface area contributed by atoms with Crippen LogP contribution in [0.15, 0.2) is 12.7 Å². The molecule has 2 rings (SSSR count). The van der Waals surface area contributed by atoms with Gasteiger partial charge in [0, 0.05) is 6.54 Å². The van der Waals surface area contributed by atoms with Crippen molar-refractivity contribution in [3.63, 3.8) is 0 Å². The van der Waals surface area contributed by atoms with Gasteiger partial charge in [0.2, 0.25) is 0 Å². The third-order valence-corrected chi connectivity index (χ3v) is 3.29. The van der Waals surface area contributed by atoms with Gasteiger partial charge in [-0.3, -0.25) is 4.84 Å². The van der Waals surface area contributed by atoms with E-state index < -0.39 is 24.0 Å². The largest absolute Gasteiger partial charge is 0.480 e. The van der Waals surface area contributed by atoms with Gasteiger partial charge in [0.05, 0.1) is 6.04 Å². The molecule has 0 saturated carbocycles. The quantitative estimate of drug-likeness (QED) is 0.545. The van der Waals surface area contributed by atoms with E-state index in [0.29, 0.717) is 19.4 Å². The first-order valence-corrected chi connectivity index (χ1v) is 6.26. The highest BCUT2D eigenvalue weighted by Gasteiger charge is 2.48. The molecule has 0 aromatic rings. The molecular weight excluding hydrogens is 268 g/mol. The maximum atomic E-state index is 12.0. The van der Waals surface area contributed by atoms with Crippen LogP contribution in [0.2, 0.25) is 0 Å². The maximum Gasteiger partial charge on any atom is 0.345 e. The van der Waals surface area contributed by atoms with Crippen LogP contribution < -0.4 is 0 Å². The van der Waals surface area contributed by atoms with E-state index in [1.165, 1.54) is 11.0 Å². The number of esters is 1. The molecule has 0 aliphatic carbocycles. The molecule has 0 aromatic carbocycles. The SMILES string of the molecule is C=CCOC(=O)CON1C(=O)N2C[C@H]1CC[C@@H]2C(=O)O. The zero-order valence-electron chi connectivity index (χ0n) is 10.9. The Morgan fingerprint density at radius 2 is 2.20 bits per heavy atom. The number of piperidine rings is 1. The summed E-state index contributed by atoms with van der Waals surface area (Å²) < 4.78 is 4.73. The first-order valence-electron chi connectivity index (χ1n) is 6.26. The molecule has 2 heterocycles. The van der Waals surface area contributed by atoms with Crippen LogP contribution in [0.5, 0.6) is 0 Å². The summed E-state index contributed by atoms with van der Waals surface area (Å²) in [5.41, 5.74) is 0. The van der Waals surface area contributed by atoms with Crippen molar-refractivity contribution in [2.75, 3.05) is 19.8 Å². The van der Waals surface area contributed by atoms with E-state index in [1.807, 2.05) is 0 Å². The summed E-state index contributed by atoms with van der Waals surface area (Å²) in [6, 6.07) is -1.55. The van der Waals surface area contributed by atoms with Crippen molar-refractivity contribution >= 4 is 18.0 Å². The molecule has 1 N–H and O–H groups in total. The standard InChI is InChI=1S/C12H16N2O6/c1-2-5-19-10(15)7-20-14-8-3-4-9(11(16)17)13(6-8)12(14)18/h2,8-9H,1,3-7H2,(H,16,17)/t8-,9-/m1/s1. The molecule has 2 aliphatic rings. The number of hydroxylamine groups is 2. The summed E-state index contributed by atoms with van der Waals surface area (Å²) in [6.07, 6.45) is 2.34. The third-order valence-electron chi connectivity index (χ3n) is 3.29. The Morgan fingerprint density at radius 1 is 1.45 bits per heavy atom. The second-order valence-corrected chi connectivity index (χ2v) is 4.59. The summed E-state index contributed by atoms with van der Waals surface area (Å²) in [5.74, 6) is -1.63. The summed E-state index contributed by atoms with van der Waals surface area (Å²) in [7, 11) is 0. The molecular formula is C12H16N2O6. The van der Waals surface area contributed by atoms with E-state index in [9.17, 15) is 14.4 Å². The highest BCUT2D eigenvalue weighted by Crippen LogP contribution is 2.29. The number of aliphatic carboxylic acids is 1. The average molecular weight is 284 g/mol. The van der Waals surface area contributed by atoms with Crippen molar-refractivity contribution in [2.24, 2.45) is 0 Å². The van der Waals surface area contributed by atoms with Crippen molar-refractivity contribution in [3.05, 3.63) is 12.7 Å². The second kappa shape index (κ2) is 5.91. The van der Waals surface area contributed by atoms with Gasteiger partial charge in [-0.05, 0) is 12.8 Å². The molecule has 2 bridgehead atoms. The average Bonchev–Trinajstić information content (AvgIpc) is 2.66. The predicted molar refractivity (Wildman–Crippen MR) is 65.5 cm³/mol. The van der Waals surface area contributed by atoms with Gasteiger partial charge in [-0.15, -0.1) is 0 Å². The summed E-state index contributed by atoms with van der Waals surface area (Å²) in [6.45, 7) is 3.40. The molecule has 2 amide bonds. The van der Waals surface area contributed by atoms with Gasteiger partial charge in [-0.1, -0.05) is 12.7 Å². The lowest BCUT2D eigenvalue weighted by atomic mass is 10.0. The van der Waals surface area contributed by atoms with E-state index in [-0.39, 0.29) is 19.3 Å². The Hall–Kier alpha value is -2.09. The van der Waals surface area contributed by atoms with Crippen LogP contribution in [0.1, 0.15) is 12.8 Å².